The van der Waals surface area contributed by atoms with Crippen molar-refractivity contribution in [1.82, 2.24) is 29.8 Å². The second-order valence-electron chi connectivity index (χ2n) is 14.5. The molecule has 1 aromatic heterocycles. The van der Waals surface area contributed by atoms with Crippen LogP contribution in [0.4, 0.5) is 33.4 Å². The van der Waals surface area contributed by atoms with Crippen molar-refractivity contribution in [2.75, 3.05) is 64.0 Å². The minimum absolute atomic E-state index is 0.0517. The Bertz CT molecular complexity index is 1610. The molecule has 7 rings (SSSR count). The molecule has 4 saturated heterocycles. The Balaban J connectivity index is 1.03. The lowest BCUT2D eigenvalue weighted by Gasteiger charge is -2.45. The van der Waals surface area contributed by atoms with Gasteiger partial charge in [0.2, 0.25) is 5.91 Å². The molecule has 5 aliphatic heterocycles. The quantitative estimate of drug-likeness (QED) is 0.352. The number of hydrogen-bond acceptors (Lipinski definition) is 7. The van der Waals surface area contributed by atoms with Gasteiger partial charge in [-0.25, -0.2) is 9.59 Å². The van der Waals surface area contributed by atoms with Crippen LogP contribution in [0, 0.1) is 0 Å². The zero-order valence-electron chi connectivity index (χ0n) is 29.0. The third-order valence-electron chi connectivity index (χ3n) is 11.7. The van der Waals surface area contributed by atoms with Crippen molar-refractivity contribution >= 4 is 51.6 Å². The number of benzene rings is 1. The largest absolute Gasteiger partial charge is 0.418 e. The van der Waals surface area contributed by atoms with Gasteiger partial charge in [-0.15, -0.1) is 11.3 Å². The summed E-state index contributed by atoms with van der Waals surface area (Å²) in [5.41, 5.74) is 0.105. The van der Waals surface area contributed by atoms with Crippen LogP contribution in [0.25, 0.3) is 0 Å². The standard InChI is InChI=1S/C35H46ClF3N8O3S/c1-40-30-27(35(37,38)39)15-21(16-28(30)36)17-29(32(48)45-12-10-44(11-13-45)26-18-24-3-4-25(19-26)43(24)2)41-33(49)46-8-5-23(6-9-46)47-20-22-7-14-51-31(22)42-34(47)50/h7,14-16,23-26,29,40H,3-6,8-13,17-20H2,1-2H3,(H,41,49)(H,42,50)/t24?,25?,26?,29-/m1/s1. The molecule has 0 saturated carbocycles. The van der Waals surface area contributed by atoms with Crippen LogP contribution >= 0.6 is 22.9 Å². The van der Waals surface area contributed by atoms with Crippen LogP contribution in [0.5, 0.6) is 0 Å². The maximum Gasteiger partial charge on any atom is 0.418 e. The van der Waals surface area contributed by atoms with Crippen LogP contribution in [0.3, 0.4) is 0 Å². The Labute approximate surface area is 305 Å². The molecule has 4 fully saturated rings. The highest BCUT2D eigenvalue weighted by molar-refractivity contribution is 7.14. The summed E-state index contributed by atoms with van der Waals surface area (Å²) in [6.45, 7) is 3.65. The van der Waals surface area contributed by atoms with Gasteiger partial charge in [-0.2, -0.15) is 13.2 Å². The maximum atomic E-state index is 14.2. The van der Waals surface area contributed by atoms with Gasteiger partial charge >= 0.3 is 18.2 Å². The van der Waals surface area contributed by atoms with E-state index in [4.69, 9.17) is 11.6 Å². The molecule has 3 N–H and O–H groups in total. The van der Waals surface area contributed by atoms with Crippen LogP contribution in [0.1, 0.15) is 55.2 Å². The van der Waals surface area contributed by atoms with E-state index in [-0.39, 0.29) is 40.7 Å². The summed E-state index contributed by atoms with van der Waals surface area (Å²) in [6, 6.07) is 4.37. The number of carbonyl (C=O) groups is 3. The molecular weight excluding hydrogens is 705 g/mol. The molecule has 0 aliphatic carbocycles. The summed E-state index contributed by atoms with van der Waals surface area (Å²) in [5.74, 6) is -0.319. The van der Waals surface area contributed by atoms with Crippen molar-refractivity contribution in [3.8, 4) is 0 Å². The number of thiophene rings is 1. The lowest BCUT2D eigenvalue weighted by atomic mass is 9.95. The molecule has 51 heavy (non-hydrogen) atoms. The van der Waals surface area contributed by atoms with Gasteiger partial charge in [0, 0.05) is 82.5 Å². The number of piperazine rings is 1. The number of urea groups is 2. The Hall–Kier alpha value is -3.27. The smallest absolute Gasteiger partial charge is 0.386 e. The lowest BCUT2D eigenvalue weighted by Crippen LogP contribution is -2.60. The molecule has 5 aliphatic rings. The number of piperidine rings is 2. The van der Waals surface area contributed by atoms with Gasteiger partial charge in [0.25, 0.3) is 0 Å². The lowest BCUT2D eigenvalue weighted by molar-refractivity contribution is -0.137. The number of hydrogen-bond donors (Lipinski definition) is 3. The highest BCUT2D eigenvalue weighted by Gasteiger charge is 2.42. The number of amides is 5. The predicted molar refractivity (Wildman–Crippen MR) is 191 cm³/mol. The van der Waals surface area contributed by atoms with Crippen LogP contribution in [-0.4, -0.2) is 126 Å². The normalized spacial score (nSPS) is 25.4. The van der Waals surface area contributed by atoms with Gasteiger partial charge < -0.3 is 30.2 Å². The number of carbonyl (C=O) groups excluding carboxylic acids is 3. The second kappa shape index (κ2) is 14.6. The van der Waals surface area contributed by atoms with E-state index in [2.05, 4.69) is 32.8 Å². The highest BCUT2D eigenvalue weighted by Crippen LogP contribution is 2.40. The topological polar surface area (TPSA) is 103 Å². The number of alkyl halides is 3. The number of nitrogens with zero attached hydrogens (tertiary/aromatic N) is 5. The second-order valence-corrected chi connectivity index (χ2v) is 15.9. The molecule has 11 nitrogen and oxygen atoms in total. The maximum absolute atomic E-state index is 14.2. The number of anilines is 2. The molecule has 2 aromatic rings. The first-order valence-corrected chi connectivity index (χ1v) is 19.2. The van der Waals surface area contributed by atoms with Crippen LogP contribution in [0.2, 0.25) is 5.02 Å². The van der Waals surface area contributed by atoms with E-state index in [1.807, 2.05) is 16.3 Å². The Kier molecular flexibility index (Phi) is 10.4. The molecule has 5 amide bonds. The molecule has 16 heteroatoms. The van der Waals surface area contributed by atoms with E-state index in [1.165, 1.54) is 37.3 Å². The third kappa shape index (κ3) is 7.49. The van der Waals surface area contributed by atoms with E-state index in [9.17, 15) is 27.6 Å². The SMILES string of the molecule is CNc1c(Cl)cc(C[C@@H](NC(=O)N2CCC(N3Cc4ccsc4NC3=O)CC2)C(=O)N2CCN(C3CC4CCC(C3)N4C)CC2)cc1C(F)(F)F. The number of likely N-dealkylation sites (tertiary alicyclic amines) is 1. The molecule has 3 atom stereocenters. The molecule has 6 heterocycles. The third-order valence-corrected chi connectivity index (χ3v) is 12.9. The monoisotopic (exact) mass is 750 g/mol. The number of nitrogens with one attached hydrogen (secondary N) is 3. The van der Waals surface area contributed by atoms with E-state index < -0.39 is 23.8 Å². The van der Waals surface area contributed by atoms with E-state index in [0.29, 0.717) is 76.8 Å². The summed E-state index contributed by atoms with van der Waals surface area (Å²) in [7, 11) is 3.59. The highest BCUT2D eigenvalue weighted by atomic mass is 35.5. The molecule has 0 radical (unpaired) electrons. The van der Waals surface area contributed by atoms with Crippen LogP contribution in [-0.2, 0) is 23.9 Å². The van der Waals surface area contributed by atoms with Gasteiger partial charge in [0.15, 0.2) is 0 Å². The average Bonchev–Trinajstić information content (AvgIpc) is 3.63. The average molecular weight is 751 g/mol. The van der Waals surface area contributed by atoms with Crippen LogP contribution < -0.4 is 16.0 Å². The summed E-state index contributed by atoms with van der Waals surface area (Å²) < 4.78 is 42.2. The Morgan fingerprint density at radius 2 is 1.67 bits per heavy atom. The van der Waals surface area contributed by atoms with Crippen molar-refractivity contribution in [2.45, 2.75) is 87.9 Å². The van der Waals surface area contributed by atoms with Gasteiger partial charge in [-0.3, -0.25) is 15.0 Å². The molecule has 0 spiro atoms. The van der Waals surface area contributed by atoms with Crippen molar-refractivity contribution in [2.24, 2.45) is 0 Å². The van der Waals surface area contributed by atoms with Crippen molar-refractivity contribution in [3.63, 3.8) is 0 Å². The van der Waals surface area contributed by atoms with Crippen LogP contribution in [0.15, 0.2) is 23.6 Å². The Morgan fingerprint density at radius 3 is 2.31 bits per heavy atom. The zero-order valence-corrected chi connectivity index (χ0v) is 30.5. The van der Waals surface area contributed by atoms with E-state index >= 15 is 0 Å². The summed E-state index contributed by atoms with van der Waals surface area (Å²) in [6.07, 6.45) is 1.01. The summed E-state index contributed by atoms with van der Waals surface area (Å²) in [4.78, 5) is 50.9. The fourth-order valence-corrected chi connectivity index (χ4v) is 9.95. The van der Waals surface area contributed by atoms with E-state index in [0.717, 1.165) is 29.5 Å². The first-order valence-electron chi connectivity index (χ1n) is 17.9. The molecule has 2 bridgehead atoms. The van der Waals surface area contributed by atoms with Crippen molar-refractivity contribution < 1.29 is 27.6 Å². The summed E-state index contributed by atoms with van der Waals surface area (Å²) >= 11 is 7.81. The number of halogens is 4. The zero-order chi connectivity index (χ0) is 36.0. The molecular formula is C35H46ClF3N8O3S. The fourth-order valence-electron chi connectivity index (χ4n) is 8.81. The molecule has 278 valence electrons. The molecule has 2 unspecified atom stereocenters. The predicted octanol–water partition coefficient (Wildman–Crippen LogP) is 5.36. The van der Waals surface area contributed by atoms with E-state index in [1.54, 1.807) is 9.80 Å². The first kappa shape index (κ1) is 36.1. The van der Waals surface area contributed by atoms with Crippen molar-refractivity contribution in [1.29, 1.82) is 0 Å². The fraction of sp³-hybridized carbons (Fsp3) is 0.629. The van der Waals surface area contributed by atoms with Gasteiger partial charge in [-0.1, -0.05) is 11.6 Å². The van der Waals surface area contributed by atoms with Gasteiger partial charge in [0.05, 0.1) is 22.8 Å². The first-order chi connectivity index (χ1) is 24.4. The van der Waals surface area contributed by atoms with Crippen molar-refractivity contribution in [3.05, 3.63) is 45.3 Å². The minimum atomic E-state index is -4.68. The summed E-state index contributed by atoms with van der Waals surface area (Å²) in [5, 5.41) is 11.1. The minimum Gasteiger partial charge on any atom is -0.386 e. The number of fused-ring (bicyclic) bond motifs is 3. The number of rotatable bonds is 7. The van der Waals surface area contributed by atoms with Gasteiger partial charge in [0.1, 0.15) is 11.0 Å². The molecule has 1 aromatic carbocycles. The Morgan fingerprint density at radius 1 is 0.980 bits per heavy atom. The van der Waals surface area contributed by atoms with Gasteiger partial charge in [-0.05, 0) is 74.7 Å².